The molecule has 0 aromatic heterocycles. The monoisotopic (exact) mass is 1650 g/mol. The van der Waals surface area contributed by atoms with Gasteiger partial charge in [0.1, 0.15) is 75.8 Å². The predicted molar refractivity (Wildman–Crippen MR) is 436 cm³/mol. The van der Waals surface area contributed by atoms with Gasteiger partial charge in [-0.1, -0.05) is 0 Å². The number of benzene rings is 1. The summed E-state index contributed by atoms with van der Waals surface area (Å²) < 4.78 is 74.7. The summed E-state index contributed by atoms with van der Waals surface area (Å²) in [6.45, 7) is 42.7. The lowest BCUT2D eigenvalue weighted by molar-refractivity contribution is -0.175. The lowest BCUT2D eigenvalue weighted by Gasteiger charge is -2.37. The van der Waals surface area contributed by atoms with E-state index in [-0.39, 0.29) is 81.7 Å². The summed E-state index contributed by atoms with van der Waals surface area (Å²) in [4.78, 5) is 162. The van der Waals surface area contributed by atoms with Crippen molar-refractivity contribution in [2.45, 2.75) is 351 Å². The van der Waals surface area contributed by atoms with E-state index in [0.29, 0.717) is 44.0 Å². The summed E-state index contributed by atoms with van der Waals surface area (Å²) in [5.74, 6) is -1.22. The van der Waals surface area contributed by atoms with Crippen molar-refractivity contribution >= 4 is 65.7 Å². The van der Waals surface area contributed by atoms with E-state index < -0.39 is 186 Å². The van der Waals surface area contributed by atoms with Gasteiger partial charge in [-0.25, -0.2) is 52.9 Å². The van der Waals surface area contributed by atoms with Crippen LogP contribution in [0.1, 0.15) is 254 Å². The number of nitrogens with zero attached hydrogens (tertiary/aromatic N) is 3. The average Bonchev–Trinajstić information content (AvgIpc) is 0.751. The Morgan fingerprint density at radius 2 is 0.707 bits per heavy atom. The summed E-state index contributed by atoms with van der Waals surface area (Å²) in [5, 5.41) is 22.5. The van der Waals surface area contributed by atoms with Crippen LogP contribution in [0.5, 0.6) is 0 Å². The largest absolute Gasteiger partial charge is 0.461 e. The van der Waals surface area contributed by atoms with Crippen LogP contribution in [0.2, 0.25) is 0 Å². The zero-order valence-electron chi connectivity index (χ0n) is 73.8. The van der Waals surface area contributed by atoms with Crippen LogP contribution in [0.3, 0.4) is 0 Å². The van der Waals surface area contributed by atoms with Crippen molar-refractivity contribution in [1.29, 1.82) is 0 Å². The van der Waals surface area contributed by atoms with Crippen LogP contribution < -0.4 is 53.8 Å². The first-order valence-electron chi connectivity index (χ1n) is 40.1. The fourth-order valence-corrected chi connectivity index (χ4v) is 11.1. The summed E-state index contributed by atoms with van der Waals surface area (Å²) in [6, 6.07) is -0.777. The summed E-state index contributed by atoms with van der Waals surface area (Å²) in [5.41, 5.74) is -7.24. The van der Waals surface area contributed by atoms with E-state index in [1.807, 2.05) is 13.8 Å². The van der Waals surface area contributed by atoms with E-state index in [4.69, 9.17) is 61.8 Å². The van der Waals surface area contributed by atoms with Crippen LogP contribution in [0.15, 0.2) is 21.7 Å². The number of unbranched alkanes of at least 4 members (excludes halogenated alkanes) is 4. The van der Waals surface area contributed by atoms with E-state index in [1.165, 1.54) is 0 Å². The molecule has 0 saturated heterocycles. The van der Waals surface area contributed by atoms with E-state index in [2.05, 4.69) is 52.5 Å². The molecule has 0 aliphatic carbocycles. The van der Waals surface area contributed by atoms with Gasteiger partial charge in [-0.05, 0) is 280 Å². The number of ether oxygens (including phenoxy) is 12. The number of alkyl carbamates (subject to hydrolysis) is 8. The van der Waals surface area contributed by atoms with Gasteiger partial charge < -0.3 is 104 Å². The van der Waals surface area contributed by atoms with Crippen molar-refractivity contribution in [2.24, 2.45) is 0 Å². The van der Waals surface area contributed by atoms with Gasteiger partial charge in [0.05, 0.1) is 55.5 Å². The van der Waals surface area contributed by atoms with E-state index in [1.54, 1.807) is 183 Å². The maximum Gasteiger partial charge on any atom is 0.408 e. The molecule has 35 nitrogen and oxygen atoms in total. The number of aromatic nitrogens is 4. The zero-order valence-corrected chi connectivity index (χ0v) is 73.8. The summed E-state index contributed by atoms with van der Waals surface area (Å²) in [7, 11) is 0. The zero-order chi connectivity index (χ0) is 88.0. The van der Waals surface area contributed by atoms with Crippen molar-refractivity contribution in [1.82, 2.24) is 62.1 Å². The molecule has 116 heavy (non-hydrogen) atoms. The topological polar surface area (TPSA) is 441 Å². The highest BCUT2D eigenvalue weighted by Crippen LogP contribution is 2.29. The number of aryl methyl sites for hydroxylation is 2. The number of H-pyrrole nitrogens is 1. The Morgan fingerprint density at radius 3 is 1.07 bits per heavy atom. The Kier molecular flexibility index (Phi) is 39.8. The maximum atomic E-state index is 15.3. The minimum atomic E-state index is -1.62. The van der Waals surface area contributed by atoms with Crippen LogP contribution in [-0.2, 0) is 68.2 Å². The lowest BCUT2D eigenvalue weighted by Crippen LogP contribution is -2.53. The van der Waals surface area contributed by atoms with Crippen LogP contribution in [0.25, 0.3) is 22.6 Å². The normalized spacial score (nSPS) is 14.2. The number of amides is 8. The third-order valence-corrected chi connectivity index (χ3v) is 15.9. The van der Waals surface area contributed by atoms with E-state index >= 15 is 4.79 Å². The highest BCUT2D eigenvalue weighted by atomic mass is 16.6. The van der Waals surface area contributed by atoms with Gasteiger partial charge >= 0.3 is 60.4 Å². The molecule has 9 N–H and O–H groups in total. The smallest absolute Gasteiger partial charge is 0.408 e. The highest BCUT2D eigenvalue weighted by molar-refractivity contribution is 5.82. The molecule has 2 heterocycles. The molecular formula is C81H138N12O23. The molecule has 0 radical (unpaired) electrons. The van der Waals surface area contributed by atoms with Crippen LogP contribution >= 0.6 is 0 Å². The first-order valence-corrected chi connectivity index (χ1v) is 40.1. The molecule has 0 fully saturated rings. The average molecular weight is 1650 g/mol. The van der Waals surface area contributed by atoms with Gasteiger partial charge in [-0.2, -0.15) is 4.98 Å². The van der Waals surface area contributed by atoms with Crippen LogP contribution in [0.4, 0.5) is 38.4 Å². The summed E-state index contributed by atoms with van der Waals surface area (Å²) in [6.07, 6.45) is -7.78. The molecule has 2 aliphatic heterocycles. The molecule has 8 amide bonds. The van der Waals surface area contributed by atoms with Gasteiger partial charge in [-0.15, -0.1) is 0 Å². The predicted octanol–water partition coefficient (Wildman–Crippen LogP) is 12.3. The second kappa shape index (κ2) is 45.7. The number of rotatable bonds is 40. The van der Waals surface area contributed by atoms with Crippen molar-refractivity contribution in [3.63, 3.8) is 0 Å². The SMILES string of the molecule is Cc1cc2nc3c(=O)[nH]c(=O)nc-3n(CC(OCC(CCCCNC(=O)OC(C)(C)C)NC(=O)OC(C)(C)C)C(OCC(CCCCNC(=O)OC(C)(C)C)NC(=O)OC(C)(C)C)C(COC(=O)C(CCCCNC(=O)OC(C)(C)C)NC(=O)OC(C)(C)C)OCC(CCCCNC(=O)OC(C)(C)C)NC(=O)OC(C)(C)C)c2cc1C. The maximum absolute atomic E-state index is 15.3. The Morgan fingerprint density at radius 1 is 0.388 bits per heavy atom. The third-order valence-electron chi connectivity index (χ3n) is 15.9. The van der Waals surface area contributed by atoms with Crippen LogP contribution in [0, 0.1) is 13.8 Å². The fourth-order valence-electron chi connectivity index (χ4n) is 11.1. The van der Waals surface area contributed by atoms with Gasteiger partial charge in [0.2, 0.25) is 0 Å². The number of carbonyl (C=O) groups excluding carboxylic acids is 9. The molecule has 7 atom stereocenters. The summed E-state index contributed by atoms with van der Waals surface area (Å²) >= 11 is 0. The van der Waals surface area contributed by atoms with Gasteiger partial charge in [0.15, 0.2) is 11.5 Å². The lowest BCUT2D eigenvalue weighted by atomic mass is 10.0. The number of aromatic amines is 1. The number of hydrogen-bond donors (Lipinski definition) is 9. The molecule has 2 aliphatic rings. The number of hydrogen-bond acceptors (Lipinski definition) is 25. The van der Waals surface area contributed by atoms with Crippen molar-refractivity contribution in [2.75, 3.05) is 52.6 Å². The van der Waals surface area contributed by atoms with E-state index in [9.17, 15) is 47.9 Å². The molecule has 1 aromatic carbocycles. The second-order valence-electron chi connectivity index (χ2n) is 36.8. The molecule has 660 valence electrons. The Bertz CT molecular complexity index is 3730. The minimum Gasteiger partial charge on any atom is -0.461 e. The molecule has 0 spiro atoms. The number of nitrogens with one attached hydrogen (secondary N) is 9. The third kappa shape index (κ3) is 44.9. The Labute approximate surface area is 684 Å². The fraction of sp³-hybridized carbons (Fsp3) is 0.765. The first-order chi connectivity index (χ1) is 53.3. The molecule has 3 rings (SSSR count). The number of carbonyl (C=O) groups is 9. The quantitative estimate of drug-likeness (QED) is 0.0110. The van der Waals surface area contributed by atoms with Gasteiger partial charge in [0, 0.05) is 26.2 Å². The molecule has 7 unspecified atom stereocenters. The van der Waals surface area contributed by atoms with Crippen molar-refractivity contribution < 1.29 is 100.0 Å². The highest BCUT2D eigenvalue weighted by Gasteiger charge is 2.40. The molecule has 35 heteroatoms. The minimum absolute atomic E-state index is 0.0735. The Balaban J connectivity index is 2.63. The number of esters is 1. The van der Waals surface area contributed by atoms with Crippen molar-refractivity contribution in [3.8, 4) is 11.5 Å². The molecule has 0 bridgehead atoms. The molecule has 0 saturated carbocycles. The van der Waals surface area contributed by atoms with Gasteiger partial charge in [-0.3, -0.25) is 9.78 Å². The first kappa shape index (κ1) is 101. The molecule has 1 aromatic rings. The van der Waals surface area contributed by atoms with E-state index in [0.717, 1.165) is 11.1 Å². The van der Waals surface area contributed by atoms with Gasteiger partial charge in [0.25, 0.3) is 5.56 Å². The second-order valence-corrected chi connectivity index (χ2v) is 36.8. The molecular weight excluding hydrogens is 1510 g/mol. The van der Waals surface area contributed by atoms with Crippen molar-refractivity contribution in [3.05, 3.63) is 44.1 Å². The Hall–Kier alpha value is -8.99. The number of fused-ring (bicyclic) bond motifs is 2. The van der Waals surface area contributed by atoms with Crippen LogP contribution in [-0.4, -0.2) is 214 Å². The standard InChI is InChI=1S/C81H138N12O23/c1-50-43-56-57(44-51(50)2)93(62-60(89-56)63(94)92-65(96)91-62)45-58(105-46-52(86-70(101)113-78(15,16)17)35-27-31-39-82-66(97)109-74(3,4)5)61(107-48-54(88-72(103)115-80(21,22)23)37-29-33-41-84-68(99)111-76(9,10)11)59(106-47-53(87-71(102)114-79(18,19)20)36-28-32-40-83-67(98)110-75(6,7)8)49-108-64(95)55(90-73(104)116-81(24,25)26)38-30-34-42-85-69(100)112-77(12,13)14/h43-44,52-55,58-59,61H,27-42,45-49H2,1-26H3,(H,82,97)(H,83,98)(H,84,99)(H,85,100)(H,86,101)(H,87,102)(H,88,103)(H,90,104)(H,92,94,96).